The smallest absolute Gasteiger partial charge is 0.266 e. The first-order valence-corrected chi connectivity index (χ1v) is 3.49. The van der Waals surface area contributed by atoms with Crippen molar-refractivity contribution >= 4 is 18.0 Å². The molecule has 5 nitrogen and oxygen atoms in total. The van der Waals surface area contributed by atoms with E-state index in [2.05, 4.69) is 22.2 Å². The Hall–Kier alpha value is -1.43. The van der Waals surface area contributed by atoms with Gasteiger partial charge in [-0.2, -0.15) is 0 Å². The van der Waals surface area contributed by atoms with E-state index in [1.165, 1.54) is 6.92 Å². The lowest BCUT2D eigenvalue weighted by molar-refractivity contribution is 0.101. The van der Waals surface area contributed by atoms with Gasteiger partial charge in [0.15, 0.2) is 10.6 Å². The van der Waals surface area contributed by atoms with Crippen molar-refractivity contribution in [2.45, 2.75) is 6.92 Å². The van der Waals surface area contributed by atoms with Gasteiger partial charge in [-0.1, -0.05) is 0 Å². The van der Waals surface area contributed by atoms with Crippen LogP contribution in [-0.4, -0.2) is 20.9 Å². The predicted molar refractivity (Wildman–Crippen MR) is 43.9 cm³/mol. The van der Waals surface area contributed by atoms with Crippen LogP contribution in [-0.2, 0) is 0 Å². The van der Waals surface area contributed by atoms with E-state index in [9.17, 15) is 9.59 Å². The molecule has 1 aromatic heterocycles. The van der Waals surface area contributed by atoms with E-state index < -0.39 is 17.2 Å². The summed E-state index contributed by atoms with van der Waals surface area (Å²) < 4.78 is -0.0116. The van der Waals surface area contributed by atoms with Crippen molar-refractivity contribution in [3.63, 3.8) is 0 Å². The molecule has 0 aliphatic rings. The molecule has 0 aromatic carbocycles. The largest absolute Gasteiger partial charge is 0.494 e. The van der Waals surface area contributed by atoms with Crippen LogP contribution in [0.1, 0.15) is 17.3 Å². The molecule has 0 bridgehead atoms. The number of aromatic amines is 2. The van der Waals surface area contributed by atoms with Gasteiger partial charge in [-0.05, 0) is 19.1 Å². The number of ketones is 1. The molecule has 0 spiro atoms. The Morgan fingerprint density at radius 2 is 2.08 bits per heavy atom. The van der Waals surface area contributed by atoms with Crippen molar-refractivity contribution in [2.24, 2.45) is 0 Å². The van der Waals surface area contributed by atoms with Crippen LogP contribution in [0.25, 0.3) is 0 Å². The molecule has 0 unspecified atom stereocenters. The minimum absolute atomic E-state index is 0.0116. The minimum atomic E-state index is -0.677. The molecule has 0 aliphatic carbocycles. The maximum Gasteiger partial charge on any atom is 0.266 e. The zero-order chi connectivity index (χ0) is 9.30. The predicted octanol–water partition coefficient (Wildman–Crippen LogP) is 0.341. The summed E-state index contributed by atoms with van der Waals surface area (Å²) >= 11 is 4.55. The zero-order valence-corrected chi connectivity index (χ0v) is 6.99. The van der Waals surface area contributed by atoms with Crippen molar-refractivity contribution < 1.29 is 9.90 Å². The van der Waals surface area contributed by atoms with Gasteiger partial charge in [0.2, 0.25) is 5.88 Å². The molecule has 0 saturated heterocycles. The van der Waals surface area contributed by atoms with Crippen molar-refractivity contribution in [1.82, 2.24) is 9.97 Å². The molecule has 3 N–H and O–H groups in total. The normalized spacial score (nSPS) is 9.75. The lowest BCUT2D eigenvalue weighted by Crippen LogP contribution is -2.17. The molecule has 1 aromatic rings. The molecule has 0 fully saturated rings. The number of nitrogens with one attached hydrogen (secondary N) is 2. The summed E-state index contributed by atoms with van der Waals surface area (Å²) in [4.78, 5) is 26.2. The van der Waals surface area contributed by atoms with Gasteiger partial charge in [0.05, 0.1) is 0 Å². The fraction of sp³-hybridized carbons (Fsp3) is 0.167. The highest BCUT2D eigenvalue weighted by Crippen LogP contribution is 2.06. The molecule has 0 amide bonds. The highest BCUT2D eigenvalue weighted by molar-refractivity contribution is 7.71. The third-order valence-corrected chi connectivity index (χ3v) is 1.48. The average molecular weight is 186 g/mol. The van der Waals surface area contributed by atoms with Crippen LogP contribution in [0.5, 0.6) is 5.88 Å². The maximum atomic E-state index is 11.0. The quantitative estimate of drug-likeness (QED) is 0.436. The monoisotopic (exact) mass is 186 g/mol. The van der Waals surface area contributed by atoms with Gasteiger partial charge in [-0.15, -0.1) is 0 Å². The van der Waals surface area contributed by atoms with Crippen molar-refractivity contribution in [3.8, 4) is 5.88 Å². The van der Waals surface area contributed by atoms with Crippen LogP contribution in [0.15, 0.2) is 4.79 Å². The van der Waals surface area contributed by atoms with Gasteiger partial charge in [0.1, 0.15) is 5.56 Å². The van der Waals surface area contributed by atoms with E-state index >= 15 is 0 Å². The van der Waals surface area contributed by atoms with Gasteiger partial charge in [0.25, 0.3) is 5.56 Å². The van der Waals surface area contributed by atoms with E-state index in [0.29, 0.717) is 0 Å². The molecule has 12 heavy (non-hydrogen) atoms. The van der Waals surface area contributed by atoms with E-state index in [1.807, 2.05) is 0 Å². The Bertz CT molecular complexity index is 431. The number of carbonyl (C=O) groups excluding carboxylic acids is 1. The van der Waals surface area contributed by atoms with Crippen LogP contribution in [0, 0.1) is 4.77 Å². The van der Waals surface area contributed by atoms with Crippen LogP contribution < -0.4 is 5.56 Å². The summed E-state index contributed by atoms with van der Waals surface area (Å²) in [5.41, 5.74) is -0.979. The summed E-state index contributed by atoms with van der Waals surface area (Å²) in [6, 6.07) is 0. The molecule has 1 rings (SSSR count). The molecule has 0 aliphatic heterocycles. The first kappa shape index (κ1) is 8.66. The maximum absolute atomic E-state index is 11.0. The number of hydrogen-bond acceptors (Lipinski definition) is 4. The van der Waals surface area contributed by atoms with E-state index in [1.54, 1.807) is 0 Å². The highest BCUT2D eigenvalue weighted by atomic mass is 32.1. The molecule has 64 valence electrons. The second kappa shape index (κ2) is 2.90. The lowest BCUT2D eigenvalue weighted by Gasteiger charge is -1.96. The Balaban J connectivity index is 3.60. The van der Waals surface area contributed by atoms with Gasteiger partial charge in [0, 0.05) is 0 Å². The Kier molecular flexibility index (Phi) is 2.09. The zero-order valence-electron chi connectivity index (χ0n) is 6.17. The molecular weight excluding hydrogens is 180 g/mol. The highest BCUT2D eigenvalue weighted by Gasteiger charge is 2.11. The third kappa shape index (κ3) is 1.42. The topological polar surface area (TPSA) is 85.9 Å². The molecule has 0 atom stereocenters. The van der Waals surface area contributed by atoms with Crippen LogP contribution in [0.2, 0.25) is 0 Å². The van der Waals surface area contributed by atoms with Crippen LogP contribution in [0.3, 0.4) is 0 Å². The number of hydrogen-bond donors (Lipinski definition) is 3. The molecule has 1 heterocycles. The number of Topliss-reactive ketones (excluding diaryl/α,β-unsaturated/α-hetero) is 1. The summed E-state index contributed by atoms with van der Waals surface area (Å²) in [6.45, 7) is 1.18. The van der Waals surface area contributed by atoms with Gasteiger partial charge < -0.3 is 10.1 Å². The van der Waals surface area contributed by atoms with Gasteiger partial charge >= 0.3 is 0 Å². The number of aromatic nitrogens is 2. The standard InChI is InChI=1S/C6H6N2O3S/c1-2(9)3-4(10)7-6(12)8-5(3)11/h1H3,(H3,7,8,10,11,12). The van der Waals surface area contributed by atoms with Gasteiger partial charge in [-0.25, -0.2) is 0 Å². The molecule has 6 heteroatoms. The average Bonchev–Trinajstić information content (AvgIpc) is 1.82. The summed E-state index contributed by atoms with van der Waals surface area (Å²) in [5.74, 6) is -1.00. The first-order valence-electron chi connectivity index (χ1n) is 3.09. The third-order valence-electron chi connectivity index (χ3n) is 1.27. The van der Waals surface area contributed by atoms with E-state index in [-0.39, 0.29) is 10.3 Å². The van der Waals surface area contributed by atoms with Gasteiger partial charge in [-0.3, -0.25) is 14.6 Å². The Morgan fingerprint density at radius 1 is 1.50 bits per heavy atom. The van der Waals surface area contributed by atoms with E-state index in [0.717, 1.165) is 0 Å². The first-order chi connectivity index (χ1) is 5.52. The summed E-state index contributed by atoms with van der Waals surface area (Å²) in [7, 11) is 0. The van der Waals surface area contributed by atoms with Crippen LogP contribution in [0.4, 0.5) is 0 Å². The Morgan fingerprint density at radius 3 is 2.50 bits per heavy atom. The summed E-state index contributed by atoms with van der Waals surface area (Å²) in [5, 5.41) is 9.08. The Labute approximate surface area is 72.1 Å². The minimum Gasteiger partial charge on any atom is -0.494 e. The number of rotatable bonds is 1. The summed E-state index contributed by atoms with van der Waals surface area (Å²) in [6.07, 6.45) is 0. The van der Waals surface area contributed by atoms with Crippen molar-refractivity contribution in [2.75, 3.05) is 0 Å². The molecular formula is C6H6N2O3S. The number of H-pyrrole nitrogens is 2. The second-order valence-corrected chi connectivity index (χ2v) is 2.60. The fourth-order valence-corrected chi connectivity index (χ4v) is 0.990. The molecule has 0 saturated carbocycles. The van der Waals surface area contributed by atoms with E-state index in [4.69, 9.17) is 5.11 Å². The van der Waals surface area contributed by atoms with Crippen molar-refractivity contribution in [3.05, 3.63) is 20.7 Å². The number of aromatic hydroxyl groups is 1. The van der Waals surface area contributed by atoms with Crippen molar-refractivity contribution in [1.29, 1.82) is 0 Å². The SMILES string of the molecule is CC(=O)c1c(O)[nH]c(=S)[nH]c1=O. The second-order valence-electron chi connectivity index (χ2n) is 2.19. The number of carbonyl (C=O) groups is 1. The van der Waals surface area contributed by atoms with Crippen LogP contribution >= 0.6 is 12.2 Å². The molecule has 0 radical (unpaired) electrons. The fourth-order valence-electron chi connectivity index (χ4n) is 0.801. The lowest BCUT2D eigenvalue weighted by atomic mass is 10.2.